The summed E-state index contributed by atoms with van der Waals surface area (Å²) < 4.78 is 5.20. The third-order valence-electron chi connectivity index (χ3n) is 6.57. The summed E-state index contributed by atoms with van der Waals surface area (Å²) in [5.41, 5.74) is 1.86. The number of rotatable bonds is 4. The van der Waals surface area contributed by atoms with Crippen LogP contribution < -0.4 is 4.90 Å². The van der Waals surface area contributed by atoms with E-state index >= 15 is 0 Å². The van der Waals surface area contributed by atoms with Crippen molar-refractivity contribution in [2.75, 3.05) is 18.6 Å². The van der Waals surface area contributed by atoms with Crippen LogP contribution in [0.25, 0.3) is 0 Å². The van der Waals surface area contributed by atoms with Gasteiger partial charge in [-0.25, -0.2) is 4.99 Å². The van der Waals surface area contributed by atoms with Gasteiger partial charge in [0.1, 0.15) is 11.7 Å². The second-order valence-corrected chi connectivity index (χ2v) is 9.32. The Kier molecular flexibility index (Phi) is 5.29. The Balaban J connectivity index is 1.64. The highest BCUT2D eigenvalue weighted by atomic mass is 32.2. The van der Waals surface area contributed by atoms with Gasteiger partial charge in [-0.1, -0.05) is 48.2 Å². The standard InChI is InChI=1S/C24H27N3O2S/c1-29-22(28)20-14-9-17-26(20)24-16-8-15-21(24)30-23(25-18-10-4-2-5-11-18)27(24)19-12-6-3-7-13-19/h2-7,10-13,20-21H,8-9,14-17H2,1H3/t20-,21?,24?/m0/s1. The van der Waals surface area contributed by atoms with Crippen molar-refractivity contribution in [3.05, 3.63) is 60.7 Å². The quantitative estimate of drug-likeness (QED) is 0.663. The molecular weight excluding hydrogens is 394 g/mol. The minimum absolute atomic E-state index is 0.112. The van der Waals surface area contributed by atoms with E-state index in [1.54, 1.807) is 0 Å². The predicted molar refractivity (Wildman–Crippen MR) is 122 cm³/mol. The lowest BCUT2D eigenvalue weighted by Crippen LogP contribution is -2.64. The molecule has 5 nitrogen and oxygen atoms in total. The van der Waals surface area contributed by atoms with Gasteiger partial charge in [-0.05, 0) is 56.4 Å². The second kappa shape index (κ2) is 8.08. The van der Waals surface area contributed by atoms with Crippen LogP contribution in [-0.4, -0.2) is 46.6 Å². The molecule has 30 heavy (non-hydrogen) atoms. The van der Waals surface area contributed by atoms with Crippen molar-refractivity contribution in [2.45, 2.75) is 49.1 Å². The lowest BCUT2D eigenvalue weighted by Gasteiger charge is -2.47. The molecule has 2 aromatic rings. The Labute approximate surface area is 182 Å². The number of methoxy groups -OCH3 is 1. The van der Waals surface area contributed by atoms with Gasteiger partial charge in [0, 0.05) is 17.5 Å². The van der Waals surface area contributed by atoms with Crippen LogP contribution in [0.4, 0.5) is 11.4 Å². The first-order valence-corrected chi connectivity index (χ1v) is 11.6. The molecule has 2 unspecified atom stereocenters. The molecular formula is C24H27N3O2S. The van der Waals surface area contributed by atoms with Crippen molar-refractivity contribution in [2.24, 2.45) is 4.99 Å². The molecule has 3 fully saturated rings. The van der Waals surface area contributed by atoms with Gasteiger partial charge >= 0.3 is 5.97 Å². The topological polar surface area (TPSA) is 45.1 Å². The maximum absolute atomic E-state index is 12.7. The van der Waals surface area contributed by atoms with Crippen molar-refractivity contribution in [1.82, 2.24) is 4.90 Å². The van der Waals surface area contributed by atoms with Crippen LogP contribution in [0.15, 0.2) is 65.7 Å². The number of amidine groups is 1. The van der Waals surface area contributed by atoms with Gasteiger partial charge in [0.2, 0.25) is 0 Å². The number of fused-ring (bicyclic) bond motifs is 1. The molecule has 0 spiro atoms. The lowest BCUT2D eigenvalue weighted by molar-refractivity contribution is -0.148. The van der Waals surface area contributed by atoms with Crippen LogP contribution in [0.1, 0.15) is 32.1 Å². The number of esters is 1. The average molecular weight is 422 g/mol. The SMILES string of the molecule is COC(=O)[C@@H]1CCCN1C12CCCC1SC(=Nc1ccccc1)N2c1ccccc1. The number of hydrogen-bond acceptors (Lipinski definition) is 5. The Morgan fingerprint density at radius 1 is 1.07 bits per heavy atom. The van der Waals surface area contributed by atoms with Gasteiger partial charge in [-0.3, -0.25) is 9.69 Å². The first-order chi connectivity index (χ1) is 14.7. The van der Waals surface area contributed by atoms with E-state index in [-0.39, 0.29) is 17.7 Å². The molecule has 0 bridgehead atoms. The van der Waals surface area contributed by atoms with E-state index in [0.29, 0.717) is 5.25 Å². The fourth-order valence-corrected chi connectivity index (χ4v) is 6.98. The Bertz CT molecular complexity index is 936. The Hall–Kier alpha value is -2.31. The number of hydrogen-bond donors (Lipinski definition) is 0. The molecule has 2 aliphatic heterocycles. The van der Waals surface area contributed by atoms with E-state index < -0.39 is 0 Å². The minimum atomic E-state index is -0.241. The number of para-hydroxylation sites is 2. The zero-order valence-corrected chi connectivity index (χ0v) is 18.1. The molecule has 0 amide bonds. The predicted octanol–water partition coefficient (Wildman–Crippen LogP) is 4.81. The first-order valence-electron chi connectivity index (χ1n) is 10.7. The number of carbonyl (C=O) groups excluding carboxylic acids is 1. The summed E-state index contributed by atoms with van der Waals surface area (Å²) in [5.74, 6) is -0.112. The van der Waals surface area contributed by atoms with Crippen molar-refractivity contribution >= 4 is 34.3 Å². The van der Waals surface area contributed by atoms with E-state index in [0.717, 1.165) is 55.2 Å². The third kappa shape index (κ3) is 3.13. The maximum atomic E-state index is 12.7. The number of ether oxygens (including phenoxy) is 1. The van der Waals surface area contributed by atoms with Gasteiger partial charge in [0.15, 0.2) is 5.17 Å². The maximum Gasteiger partial charge on any atom is 0.323 e. The summed E-state index contributed by atoms with van der Waals surface area (Å²) >= 11 is 1.87. The summed E-state index contributed by atoms with van der Waals surface area (Å²) in [5, 5.41) is 1.40. The van der Waals surface area contributed by atoms with E-state index in [1.165, 1.54) is 7.11 Å². The molecule has 3 aliphatic rings. The van der Waals surface area contributed by atoms with E-state index in [1.807, 2.05) is 48.2 Å². The van der Waals surface area contributed by atoms with Gasteiger partial charge in [0.05, 0.1) is 12.8 Å². The van der Waals surface area contributed by atoms with Crippen LogP contribution in [0.3, 0.4) is 0 Å². The van der Waals surface area contributed by atoms with Crippen LogP contribution >= 0.6 is 11.8 Å². The highest BCUT2D eigenvalue weighted by Gasteiger charge is 2.61. The van der Waals surface area contributed by atoms with Gasteiger partial charge in [-0.15, -0.1) is 0 Å². The molecule has 2 aromatic carbocycles. The fraction of sp³-hybridized carbons (Fsp3) is 0.417. The van der Waals surface area contributed by atoms with Crippen molar-refractivity contribution in [3.8, 4) is 0 Å². The van der Waals surface area contributed by atoms with Crippen LogP contribution in [0.5, 0.6) is 0 Å². The zero-order chi connectivity index (χ0) is 20.6. The highest BCUT2D eigenvalue weighted by molar-refractivity contribution is 8.15. The number of thioether (sulfide) groups is 1. The van der Waals surface area contributed by atoms with Crippen LogP contribution in [0, 0.1) is 0 Å². The van der Waals surface area contributed by atoms with Crippen LogP contribution in [-0.2, 0) is 9.53 Å². The lowest BCUT2D eigenvalue weighted by atomic mass is 10.0. The summed E-state index contributed by atoms with van der Waals surface area (Å²) in [6, 6.07) is 20.5. The molecule has 2 heterocycles. The molecule has 5 rings (SSSR count). The highest BCUT2D eigenvalue weighted by Crippen LogP contribution is 2.55. The number of likely N-dealkylation sites (tertiary alicyclic amines) is 1. The molecule has 6 heteroatoms. The summed E-state index contributed by atoms with van der Waals surface area (Å²) in [6.07, 6.45) is 5.20. The zero-order valence-electron chi connectivity index (χ0n) is 17.2. The Morgan fingerprint density at radius 2 is 1.80 bits per heavy atom. The summed E-state index contributed by atoms with van der Waals surface area (Å²) in [4.78, 5) is 22.6. The minimum Gasteiger partial charge on any atom is -0.468 e. The number of carbonyl (C=O) groups is 1. The fourth-order valence-electron chi connectivity index (χ4n) is 5.36. The van der Waals surface area contributed by atoms with Gasteiger partial charge in [-0.2, -0.15) is 0 Å². The summed E-state index contributed by atoms with van der Waals surface area (Å²) in [6.45, 7) is 0.915. The molecule has 0 N–H and O–H groups in total. The smallest absolute Gasteiger partial charge is 0.323 e. The largest absolute Gasteiger partial charge is 0.468 e. The molecule has 1 saturated carbocycles. The van der Waals surface area contributed by atoms with E-state index in [2.05, 4.69) is 34.1 Å². The van der Waals surface area contributed by atoms with E-state index in [4.69, 9.17) is 9.73 Å². The van der Waals surface area contributed by atoms with Gasteiger partial charge in [0.25, 0.3) is 0 Å². The molecule has 1 aliphatic carbocycles. The molecule has 2 saturated heterocycles. The normalized spacial score (nSPS) is 30.0. The van der Waals surface area contributed by atoms with Crippen LogP contribution in [0.2, 0.25) is 0 Å². The second-order valence-electron chi connectivity index (χ2n) is 8.15. The molecule has 0 radical (unpaired) electrons. The monoisotopic (exact) mass is 421 g/mol. The molecule has 156 valence electrons. The van der Waals surface area contributed by atoms with Crippen molar-refractivity contribution in [1.29, 1.82) is 0 Å². The average Bonchev–Trinajstić information content (AvgIpc) is 3.48. The van der Waals surface area contributed by atoms with Crippen molar-refractivity contribution in [3.63, 3.8) is 0 Å². The molecule has 3 atom stereocenters. The molecule has 0 aromatic heterocycles. The van der Waals surface area contributed by atoms with Crippen molar-refractivity contribution < 1.29 is 9.53 Å². The number of nitrogens with zero attached hydrogens (tertiary/aromatic N) is 3. The first kappa shape index (κ1) is 19.6. The number of anilines is 1. The van der Waals surface area contributed by atoms with Gasteiger partial charge < -0.3 is 9.64 Å². The number of benzene rings is 2. The third-order valence-corrected chi connectivity index (χ3v) is 7.95. The van der Waals surface area contributed by atoms with E-state index in [9.17, 15) is 4.79 Å². The Morgan fingerprint density at radius 3 is 2.53 bits per heavy atom. The summed E-state index contributed by atoms with van der Waals surface area (Å²) in [7, 11) is 1.50. The number of aliphatic imine (C=N–C) groups is 1.